The molecule has 0 aliphatic heterocycles. The average molecular weight is 373 g/mol. The van der Waals surface area contributed by atoms with Gasteiger partial charge in [-0.05, 0) is 31.0 Å². The molecule has 0 aliphatic rings. The number of nitrogens with zero attached hydrogens (tertiary/aromatic N) is 3. The van der Waals surface area contributed by atoms with E-state index in [0.717, 1.165) is 6.42 Å². The zero-order valence-corrected chi connectivity index (χ0v) is 15.6. The normalized spacial score (nSPS) is 10.8. The summed E-state index contributed by atoms with van der Waals surface area (Å²) < 4.78 is 0. The van der Waals surface area contributed by atoms with E-state index in [4.69, 9.17) is 0 Å². The molecule has 5 nitrogen and oxygen atoms in total. The van der Waals surface area contributed by atoms with Gasteiger partial charge < -0.3 is 4.90 Å². The van der Waals surface area contributed by atoms with Crippen LogP contribution >= 0.6 is 23.1 Å². The van der Waals surface area contributed by atoms with E-state index in [1.807, 2.05) is 23.1 Å². The largest absolute Gasteiger partial charge is 0.336 e. The lowest BCUT2D eigenvalue weighted by Gasteiger charge is -2.22. The Morgan fingerprint density at radius 1 is 1.24 bits per heavy atom. The highest BCUT2D eigenvalue weighted by Crippen LogP contribution is 2.19. The fraction of sp³-hybridized carbons (Fsp3) is 0.278. The summed E-state index contributed by atoms with van der Waals surface area (Å²) in [5.74, 6) is 0.470. The highest BCUT2D eigenvalue weighted by Gasteiger charge is 2.16. The molecule has 3 rings (SSSR count). The first-order valence-electron chi connectivity index (χ1n) is 8.06. The number of aryl methyl sites for hydroxylation is 1. The van der Waals surface area contributed by atoms with Gasteiger partial charge in [0, 0.05) is 16.3 Å². The fourth-order valence-electron chi connectivity index (χ4n) is 2.44. The number of thioether (sulfide) groups is 1. The topological polar surface area (TPSA) is 61.9 Å². The van der Waals surface area contributed by atoms with Crippen molar-refractivity contribution in [3.05, 3.63) is 64.1 Å². The van der Waals surface area contributed by atoms with Gasteiger partial charge in [-0.3, -0.25) is 9.89 Å². The predicted molar refractivity (Wildman–Crippen MR) is 102 cm³/mol. The van der Waals surface area contributed by atoms with Crippen LogP contribution in [0.5, 0.6) is 0 Å². The second-order valence-electron chi connectivity index (χ2n) is 5.64. The molecule has 3 aromatic rings. The Morgan fingerprint density at radius 2 is 2.08 bits per heavy atom. The summed E-state index contributed by atoms with van der Waals surface area (Å²) in [5.41, 5.74) is 1.24. The summed E-state index contributed by atoms with van der Waals surface area (Å²) in [6, 6.07) is 14.5. The van der Waals surface area contributed by atoms with E-state index in [2.05, 4.69) is 46.4 Å². The van der Waals surface area contributed by atoms with Crippen LogP contribution in [-0.2, 0) is 17.8 Å². The molecule has 25 heavy (non-hydrogen) atoms. The summed E-state index contributed by atoms with van der Waals surface area (Å²) in [4.78, 5) is 21.2. The monoisotopic (exact) mass is 372 g/mol. The van der Waals surface area contributed by atoms with Crippen molar-refractivity contribution >= 4 is 29.0 Å². The van der Waals surface area contributed by atoms with Crippen molar-refractivity contribution in [1.82, 2.24) is 20.1 Å². The van der Waals surface area contributed by atoms with Gasteiger partial charge in [0.15, 0.2) is 5.16 Å². The van der Waals surface area contributed by atoms with E-state index in [9.17, 15) is 4.79 Å². The molecule has 0 radical (unpaired) electrons. The summed E-state index contributed by atoms with van der Waals surface area (Å²) >= 11 is 3.13. The molecule has 1 aromatic carbocycles. The zero-order chi connectivity index (χ0) is 17.5. The number of nitrogens with one attached hydrogen (secondary N) is 1. The van der Waals surface area contributed by atoms with Crippen LogP contribution in [0.25, 0.3) is 0 Å². The summed E-state index contributed by atoms with van der Waals surface area (Å²) in [5, 5.41) is 7.26. The van der Waals surface area contributed by atoms with Gasteiger partial charge in [-0.2, -0.15) is 5.10 Å². The van der Waals surface area contributed by atoms with Gasteiger partial charge in [0.2, 0.25) is 5.91 Å². The third kappa shape index (κ3) is 5.44. The van der Waals surface area contributed by atoms with Crippen molar-refractivity contribution in [2.24, 2.45) is 0 Å². The van der Waals surface area contributed by atoms with Gasteiger partial charge in [-0.1, -0.05) is 42.1 Å². The van der Waals surface area contributed by atoms with Crippen molar-refractivity contribution in [1.29, 1.82) is 0 Å². The number of aromatic amines is 1. The van der Waals surface area contributed by atoms with E-state index < -0.39 is 0 Å². The van der Waals surface area contributed by atoms with Crippen molar-refractivity contribution in [2.45, 2.75) is 25.0 Å². The van der Waals surface area contributed by atoms with Gasteiger partial charge in [0.1, 0.15) is 6.33 Å². The minimum atomic E-state index is 0.114. The molecule has 0 fully saturated rings. The molecule has 0 saturated heterocycles. The lowest BCUT2D eigenvalue weighted by atomic mass is 10.1. The first-order chi connectivity index (χ1) is 12.2. The van der Waals surface area contributed by atoms with Crippen LogP contribution in [0.2, 0.25) is 0 Å². The summed E-state index contributed by atoms with van der Waals surface area (Å²) in [6.07, 6.45) is 2.30. The number of hydrogen-bond donors (Lipinski definition) is 1. The molecule has 0 aliphatic carbocycles. The standard InChI is InChI=1S/C18H20N4OS2/c1-14-7-8-16(25-14)11-22(10-9-15-5-3-2-4-6-15)17(23)12-24-18-19-13-20-21-18/h2-8,13H,9-12H2,1H3,(H,19,20,21). The smallest absolute Gasteiger partial charge is 0.233 e. The van der Waals surface area contributed by atoms with E-state index in [0.29, 0.717) is 24.0 Å². The molecule has 0 atom stereocenters. The minimum Gasteiger partial charge on any atom is -0.336 e. The van der Waals surface area contributed by atoms with E-state index in [1.165, 1.54) is 33.4 Å². The molecular weight excluding hydrogens is 352 g/mol. The Labute approximate surface area is 155 Å². The van der Waals surface area contributed by atoms with Crippen molar-refractivity contribution in [2.75, 3.05) is 12.3 Å². The summed E-state index contributed by atoms with van der Waals surface area (Å²) in [7, 11) is 0. The van der Waals surface area contributed by atoms with Crippen LogP contribution in [-0.4, -0.2) is 38.3 Å². The summed E-state index contributed by atoms with van der Waals surface area (Å²) in [6.45, 7) is 3.45. The van der Waals surface area contributed by atoms with Crippen LogP contribution < -0.4 is 0 Å². The van der Waals surface area contributed by atoms with Crippen LogP contribution in [0.15, 0.2) is 53.9 Å². The number of aromatic nitrogens is 3. The SMILES string of the molecule is Cc1ccc(CN(CCc2ccccc2)C(=O)CSc2ncn[nH]2)s1. The second-order valence-corrected chi connectivity index (χ2v) is 7.98. The van der Waals surface area contributed by atoms with Crippen LogP contribution in [0, 0.1) is 6.92 Å². The van der Waals surface area contributed by atoms with E-state index in [1.54, 1.807) is 11.3 Å². The predicted octanol–water partition coefficient (Wildman–Crippen LogP) is 3.54. The van der Waals surface area contributed by atoms with Gasteiger partial charge in [0.25, 0.3) is 0 Å². The molecule has 0 unspecified atom stereocenters. The number of amides is 1. The Bertz CT molecular complexity index is 787. The van der Waals surface area contributed by atoms with E-state index >= 15 is 0 Å². The fourth-order valence-corrected chi connectivity index (χ4v) is 4.03. The Morgan fingerprint density at radius 3 is 2.76 bits per heavy atom. The number of hydrogen-bond acceptors (Lipinski definition) is 5. The molecule has 1 amide bonds. The molecule has 0 saturated carbocycles. The minimum absolute atomic E-state index is 0.114. The number of benzene rings is 1. The van der Waals surface area contributed by atoms with Crippen LogP contribution in [0.4, 0.5) is 0 Å². The van der Waals surface area contributed by atoms with E-state index in [-0.39, 0.29) is 5.91 Å². The molecular formula is C18H20N4OS2. The second kappa shape index (κ2) is 8.82. The maximum absolute atomic E-state index is 12.7. The highest BCUT2D eigenvalue weighted by atomic mass is 32.2. The number of H-pyrrole nitrogens is 1. The molecule has 0 bridgehead atoms. The highest BCUT2D eigenvalue weighted by molar-refractivity contribution is 7.99. The molecule has 130 valence electrons. The third-order valence-electron chi connectivity index (χ3n) is 3.73. The third-order valence-corrected chi connectivity index (χ3v) is 5.58. The number of thiophene rings is 1. The lowest BCUT2D eigenvalue weighted by Crippen LogP contribution is -2.33. The van der Waals surface area contributed by atoms with Crippen molar-refractivity contribution in [3.8, 4) is 0 Å². The van der Waals surface area contributed by atoms with Crippen LogP contribution in [0.1, 0.15) is 15.3 Å². The molecule has 0 spiro atoms. The Hall–Kier alpha value is -2.12. The lowest BCUT2D eigenvalue weighted by molar-refractivity contribution is -0.128. The molecule has 2 aromatic heterocycles. The Kier molecular flexibility index (Phi) is 6.25. The number of rotatable bonds is 8. The maximum atomic E-state index is 12.7. The average Bonchev–Trinajstić information content (AvgIpc) is 3.29. The van der Waals surface area contributed by atoms with Crippen LogP contribution in [0.3, 0.4) is 0 Å². The molecule has 1 N–H and O–H groups in total. The first kappa shape index (κ1) is 17.7. The maximum Gasteiger partial charge on any atom is 0.233 e. The quantitative estimate of drug-likeness (QED) is 0.615. The number of carbonyl (C=O) groups is 1. The zero-order valence-electron chi connectivity index (χ0n) is 14.0. The van der Waals surface area contributed by atoms with Gasteiger partial charge in [-0.25, -0.2) is 4.98 Å². The van der Waals surface area contributed by atoms with Crippen molar-refractivity contribution in [3.63, 3.8) is 0 Å². The first-order valence-corrected chi connectivity index (χ1v) is 9.86. The van der Waals surface area contributed by atoms with Crippen molar-refractivity contribution < 1.29 is 4.79 Å². The van der Waals surface area contributed by atoms with Gasteiger partial charge >= 0.3 is 0 Å². The molecule has 2 heterocycles. The van der Waals surface area contributed by atoms with Gasteiger partial charge in [0.05, 0.1) is 12.3 Å². The number of carbonyl (C=O) groups excluding carboxylic acids is 1. The Balaban J connectivity index is 1.63. The molecule has 7 heteroatoms. The van der Waals surface area contributed by atoms with Gasteiger partial charge in [-0.15, -0.1) is 11.3 Å².